The van der Waals surface area contributed by atoms with Crippen molar-refractivity contribution in [2.45, 2.75) is 31.7 Å². The van der Waals surface area contributed by atoms with Crippen LogP contribution in [0, 0.1) is 5.92 Å². The molecule has 4 rings (SSSR count). The zero-order valence-electron chi connectivity index (χ0n) is 19.5. The van der Waals surface area contributed by atoms with Gasteiger partial charge >= 0.3 is 12.1 Å². The van der Waals surface area contributed by atoms with Crippen molar-refractivity contribution in [2.24, 2.45) is 5.92 Å². The number of nitrogens with one attached hydrogen (secondary N) is 2. The van der Waals surface area contributed by atoms with Crippen LogP contribution in [-0.2, 0) is 19.1 Å². The Hall–Kier alpha value is -3.88. The molecule has 1 aliphatic carbocycles. The first-order valence-corrected chi connectivity index (χ1v) is 11.8. The fourth-order valence-electron chi connectivity index (χ4n) is 4.84. The van der Waals surface area contributed by atoms with Crippen LogP contribution in [0.15, 0.2) is 48.5 Å². The third kappa shape index (κ3) is 5.13. The normalized spacial score (nSPS) is 17.7. The number of carbonyl (C=O) groups is 4. The van der Waals surface area contributed by atoms with Crippen LogP contribution < -0.4 is 10.6 Å². The van der Waals surface area contributed by atoms with Crippen LogP contribution in [-0.4, -0.2) is 66.2 Å². The molecule has 35 heavy (non-hydrogen) atoms. The molecule has 0 spiro atoms. The maximum Gasteiger partial charge on any atom is 0.407 e. The van der Waals surface area contributed by atoms with Crippen LogP contribution in [0.3, 0.4) is 0 Å². The summed E-state index contributed by atoms with van der Waals surface area (Å²) in [7, 11) is 0. The smallest absolute Gasteiger partial charge is 0.407 e. The van der Waals surface area contributed by atoms with Crippen molar-refractivity contribution in [1.29, 1.82) is 0 Å². The lowest BCUT2D eigenvalue weighted by molar-refractivity contribution is -0.150. The van der Waals surface area contributed by atoms with Crippen molar-refractivity contribution in [3.05, 3.63) is 59.7 Å². The van der Waals surface area contributed by atoms with Gasteiger partial charge < -0.3 is 25.4 Å². The summed E-state index contributed by atoms with van der Waals surface area (Å²) in [5.41, 5.74) is 4.48. The zero-order chi connectivity index (χ0) is 24.9. The summed E-state index contributed by atoms with van der Waals surface area (Å²) in [6.45, 7) is 2.49. The van der Waals surface area contributed by atoms with Crippen LogP contribution in [0.4, 0.5) is 4.79 Å². The van der Waals surface area contributed by atoms with Crippen molar-refractivity contribution in [3.8, 4) is 11.1 Å². The molecule has 3 amide bonds. The van der Waals surface area contributed by atoms with Gasteiger partial charge in [-0.3, -0.25) is 14.4 Å². The Morgan fingerprint density at radius 1 is 1.11 bits per heavy atom. The number of hydrogen-bond acceptors (Lipinski definition) is 5. The Bertz CT molecular complexity index is 1090. The molecule has 0 radical (unpaired) electrons. The van der Waals surface area contributed by atoms with Gasteiger partial charge in [-0.05, 0) is 28.7 Å². The summed E-state index contributed by atoms with van der Waals surface area (Å²) in [5, 5.41) is 14.4. The summed E-state index contributed by atoms with van der Waals surface area (Å²) in [6.07, 6.45) is -0.676. The highest BCUT2D eigenvalue weighted by molar-refractivity contribution is 5.92. The molecule has 1 aliphatic heterocycles. The van der Waals surface area contributed by atoms with Crippen molar-refractivity contribution in [3.63, 3.8) is 0 Å². The van der Waals surface area contributed by atoms with E-state index in [1.165, 1.54) is 4.90 Å². The highest BCUT2D eigenvalue weighted by Gasteiger charge is 2.37. The predicted octanol–water partition coefficient (Wildman–Crippen LogP) is 2.35. The van der Waals surface area contributed by atoms with Gasteiger partial charge in [0.2, 0.25) is 11.8 Å². The van der Waals surface area contributed by atoms with E-state index in [1.807, 2.05) is 36.4 Å². The minimum atomic E-state index is -1.16. The lowest BCUT2D eigenvalue weighted by Gasteiger charge is -2.36. The van der Waals surface area contributed by atoms with Gasteiger partial charge in [0, 0.05) is 25.6 Å². The van der Waals surface area contributed by atoms with Gasteiger partial charge in [-0.2, -0.15) is 0 Å². The first-order chi connectivity index (χ1) is 16.9. The number of hydrogen-bond donors (Lipinski definition) is 3. The number of carboxylic acids is 1. The van der Waals surface area contributed by atoms with Gasteiger partial charge in [-0.25, -0.2) is 4.79 Å². The van der Waals surface area contributed by atoms with Gasteiger partial charge in [0.1, 0.15) is 12.6 Å². The van der Waals surface area contributed by atoms with E-state index < -0.39 is 36.4 Å². The van der Waals surface area contributed by atoms with Crippen LogP contribution in [0.25, 0.3) is 11.1 Å². The van der Waals surface area contributed by atoms with E-state index >= 15 is 0 Å². The van der Waals surface area contributed by atoms with Crippen molar-refractivity contribution < 1.29 is 29.0 Å². The third-order valence-electron chi connectivity index (χ3n) is 6.66. The Balaban J connectivity index is 1.35. The largest absolute Gasteiger partial charge is 0.481 e. The second kappa shape index (κ2) is 10.6. The van der Waals surface area contributed by atoms with E-state index in [2.05, 4.69) is 22.8 Å². The number of ether oxygens (including phenoxy) is 1. The first-order valence-electron chi connectivity index (χ1n) is 11.8. The molecular weight excluding hydrogens is 450 g/mol. The second-order valence-electron chi connectivity index (χ2n) is 8.75. The lowest BCUT2D eigenvalue weighted by Crippen LogP contribution is -2.59. The molecule has 0 saturated carbocycles. The van der Waals surface area contributed by atoms with E-state index in [0.717, 1.165) is 22.3 Å². The van der Waals surface area contributed by atoms with Crippen molar-refractivity contribution in [1.82, 2.24) is 15.5 Å². The number of alkyl carbamates (subject to hydrolysis) is 1. The number of benzene rings is 2. The molecule has 0 bridgehead atoms. The van der Waals surface area contributed by atoms with Crippen molar-refractivity contribution >= 4 is 23.9 Å². The summed E-state index contributed by atoms with van der Waals surface area (Å²) in [4.78, 5) is 50.2. The number of piperazine rings is 1. The van der Waals surface area contributed by atoms with Gasteiger partial charge in [0.15, 0.2) is 0 Å². The van der Waals surface area contributed by atoms with E-state index in [9.17, 15) is 19.2 Å². The number of fused-ring (bicyclic) bond motifs is 3. The molecule has 9 heteroatoms. The van der Waals surface area contributed by atoms with E-state index in [0.29, 0.717) is 6.42 Å². The molecule has 2 aromatic carbocycles. The topological polar surface area (TPSA) is 125 Å². The molecular formula is C26H29N3O6. The summed E-state index contributed by atoms with van der Waals surface area (Å²) < 4.78 is 5.53. The molecule has 3 N–H and O–H groups in total. The molecule has 1 fully saturated rings. The van der Waals surface area contributed by atoms with Crippen LogP contribution >= 0.6 is 0 Å². The number of carbonyl (C=O) groups excluding carboxylic acids is 3. The molecule has 2 atom stereocenters. The predicted molar refractivity (Wildman–Crippen MR) is 128 cm³/mol. The number of amides is 3. The van der Waals surface area contributed by atoms with E-state index in [1.54, 1.807) is 6.92 Å². The molecule has 2 unspecified atom stereocenters. The molecule has 1 heterocycles. The SMILES string of the molecule is CCC(CNC(=O)OCC1c2ccccc2-c2ccccc21)C(=O)N1CCNC(=O)C1CC(=O)O. The van der Waals surface area contributed by atoms with Crippen LogP contribution in [0.5, 0.6) is 0 Å². The minimum absolute atomic E-state index is 0.0317. The molecule has 184 valence electrons. The van der Waals surface area contributed by atoms with Crippen molar-refractivity contribution in [2.75, 3.05) is 26.2 Å². The number of carboxylic acid groups (broad SMARTS) is 1. The number of rotatable bonds is 8. The second-order valence-corrected chi connectivity index (χ2v) is 8.75. The van der Waals surface area contributed by atoms with Gasteiger partial charge in [0.05, 0.1) is 12.3 Å². The van der Waals surface area contributed by atoms with Crippen LogP contribution in [0.2, 0.25) is 0 Å². The summed E-state index contributed by atoms with van der Waals surface area (Å²) in [5.74, 6) is -2.66. The quantitative estimate of drug-likeness (QED) is 0.534. The monoisotopic (exact) mass is 479 g/mol. The number of nitrogens with zero attached hydrogens (tertiary/aromatic N) is 1. The fourth-order valence-corrected chi connectivity index (χ4v) is 4.84. The lowest BCUT2D eigenvalue weighted by atomic mass is 9.98. The molecule has 2 aliphatic rings. The molecule has 1 saturated heterocycles. The van der Waals surface area contributed by atoms with E-state index in [-0.39, 0.29) is 38.1 Å². The standard InChI is InChI=1S/C26H29N3O6/c1-2-16(25(33)29-12-11-27-24(32)22(29)13-23(30)31)14-28-26(34)35-15-21-19-9-5-3-7-17(19)18-8-4-6-10-20(18)21/h3-10,16,21-22H,2,11-15H2,1H3,(H,27,32)(H,28,34)(H,30,31). The maximum atomic E-state index is 13.1. The van der Waals surface area contributed by atoms with Gasteiger partial charge in [-0.1, -0.05) is 55.5 Å². The van der Waals surface area contributed by atoms with E-state index in [4.69, 9.17) is 9.84 Å². The minimum Gasteiger partial charge on any atom is -0.481 e. The fraction of sp³-hybridized carbons (Fsp3) is 0.385. The first kappa shape index (κ1) is 24.3. The van der Waals surface area contributed by atoms with Gasteiger partial charge in [-0.15, -0.1) is 0 Å². The molecule has 2 aromatic rings. The Morgan fingerprint density at radius 3 is 2.34 bits per heavy atom. The third-order valence-corrected chi connectivity index (χ3v) is 6.66. The average Bonchev–Trinajstić information content (AvgIpc) is 3.17. The molecule has 9 nitrogen and oxygen atoms in total. The van der Waals surface area contributed by atoms with Crippen LogP contribution in [0.1, 0.15) is 36.8 Å². The molecule has 0 aromatic heterocycles. The van der Waals surface area contributed by atoms with Gasteiger partial charge in [0.25, 0.3) is 0 Å². The Kier molecular flexibility index (Phi) is 7.33. The Labute approximate surface area is 203 Å². The summed E-state index contributed by atoms with van der Waals surface area (Å²) >= 11 is 0. The number of aliphatic carboxylic acids is 1. The highest BCUT2D eigenvalue weighted by atomic mass is 16.5. The zero-order valence-corrected chi connectivity index (χ0v) is 19.5. The average molecular weight is 480 g/mol. The summed E-state index contributed by atoms with van der Waals surface area (Å²) in [6, 6.07) is 15.0. The Morgan fingerprint density at radius 2 is 1.74 bits per heavy atom. The highest BCUT2D eigenvalue weighted by Crippen LogP contribution is 2.44. The maximum absolute atomic E-state index is 13.1.